The summed E-state index contributed by atoms with van der Waals surface area (Å²) >= 11 is 6.29. The highest BCUT2D eigenvalue weighted by atomic mass is 35.5. The highest BCUT2D eigenvalue weighted by Gasteiger charge is 2.26. The van der Waals surface area contributed by atoms with Crippen LogP contribution in [0.3, 0.4) is 0 Å². The monoisotopic (exact) mass is 482 g/mol. The Morgan fingerprint density at radius 1 is 0.743 bits per heavy atom. The molecule has 1 aliphatic heterocycles. The number of hydrogen-bond acceptors (Lipinski definition) is 4. The molecule has 0 bridgehead atoms. The van der Waals surface area contributed by atoms with Crippen LogP contribution < -0.4 is 4.90 Å². The van der Waals surface area contributed by atoms with E-state index in [1.165, 1.54) is 11.1 Å². The van der Waals surface area contributed by atoms with Gasteiger partial charge in [0.15, 0.2) is 5.82 Å². The van der Waals surface area contributed by atoms with Gasteiger partial charge in [-0.2, -0.15) is 0 Å². The van der Waals surface area contributed by atoms with E-state index >= 15 is 0 Å². The Morgan fingerprint density at radius 3 is 1.91 bits per heavy atom. The van der Waals surface area contributed by atoms with Gasteiger partial charge in [-0.1, -0.05) is 90.5 Å². The Balaban J connectivity index is 1.23. The minimum atomic E-state index is 0.0474. The molecule has 6 heteroatoms. The second-order valence-corrected chi connectivity index (χ2v) is 9.11. The lowest BCUT2D eigenvalue weighted by Crippen LogP contribution is -2.49. The van der Waals surface area contributed by atoms with E-state index < -0.39 is 0 Å². The molecule has 1 aliphatic rings. The van der Waals surface area contributed by atoms with E-state index in [0.29, 0.717) is 24.5 Å². The number of aromatic nitrogens is 2. The first-order chi connectivity index (χ1) is 17.2. The third kappa shape index (κ3) is 5.36. The molecule has 0 aliphatic carbocycles. The number of carbonyl (C=O) groups is 1. The molecule has 5 rings (SSSR count). The van der Waals surface area contributed by atoms with Gasteiger partial charge in [-0.25, -0.2) is 0 Å². The topological polar surface area (TPSA) is 49.3 Å². The number of carbonyl (C=O) groups excluding carboxylic acids is 1. The smallest absolute Gasteiger partial charge is 0.223 e. The summed E-state index contributed by atoms with van der Waals surface area (Å²) in [5.41, 5.74) is 3.95. The molecule has 0 saturated carbocycles. The van der Waals surface area contributed by atoms with Crippen molar-refractivity contribution in [3.8, 4) is 11.3 Å². The SMILES string of the molecule is O=C(CC(c1ccccc1)c1ccccc1)N1CCN(c2ccc(-c3ccccc3Cl)nn2)CC1. The molecular weight excluding hydrogens is 456 g/mol. The van der Waals surface area contributed by atoms with E-state index in [9.17, 15) is 4.79 Å². The van der Waals surface area contributed by atoms with Gasteiger partial charge in [0.05, 0.1) is 10.7 Å². The second kappa shape index (κ2) is 10.7. The number of amides is 1. The molecule has 1 amide bonds. The highest BCUT2D eigenvalue weighted by molar-refractivity contribution is 6.33. The van der Waals surface area contributed by atoms with Crippen LogP contribution in [0.25, 0.3) is 11.3 Å². The molecule has 3 aromatic carbocycles. The van der Waals surface area contributed by atoms with E-state index in [-0.39, 0.29) is 11.8 Å². The lowest BCUT2D eigenvalue weighted by molar-refractivity contribution is -0.131. The maximum absolute atomic E-state index is 13.3. The van der Waals surface area contributed by atoms with Gasteiger partial charge in [0.2, 0.25) is 5.91 Å². The van der Waals surface area contributed by atoms with Crippen molar-refractivity contribution >= 4 is 23.3 Å². The normalized spacial score (nSPS) is 13.8. The Kier molecular flexibility index (Phi) is 7.05. The summed E-state index contributed by atoms with van der Waals surface area (Å²) in [6.45, 7) is 2.80. The van der Waals surface area contributed by atoms with Crippen molar-refractivity contribution in [3.63, 3.8) is 0 Å². The number of anilines is 1. The van der Waals surface area contributed by atoms with Gasteiger partial charge >= 0.3 is 0 Å². The summed E-state index contributed by atoms with van der Waals surface area (Å²) in [6, 6.07) is 32.1. The van der Waals surface area contributed by atoms with Crippen LogP contribution in [0, 0.1) is 0 Å². The number of nitrogens with zero attached hydrogens (tertiary/aromatic N) is 4. The Bertz CT molecular complexity index is 1220. The van der Waals surface area contributed by atoms with Gasteiger partial charge in [0, 0.05) is 44.1 Å². The molecule has 176 valence electrons. The van der Waals surface area contributed by atoms with Crippen molar-refractivity contribution < 1.29 is 4.79 Å². The summed E-state index contributed by atoms with van der Waals surface area (Å²) in [5, 5.41) is 9.48. The van der Waals surface area contributed by atoms with Gasteiger partial charge in [-0.3, -0.25) is 4.79 Å². The van der Waals surface area contributed by atoms with Gasteiger partial charge in [-0.05, 0) is 29.3 Å². The molecule has 2 heterocycles. The third-order valence-electron chi connectivity index (χ3n) is 6.54. The lowest BCUT2D eigenvalue weighted by Gasteiger charge is -2.36. The zero-order valence-corrected chi connectivity index (χ0v) is 20.2. The van der Waals surface area contributed by atoms with Crippen molar-refractivity contribution in [1.29, 1.82) is 0 Å². The minimum absolute atomic E-state index is 0.0474. The summed E-state index contributed by atoms with van der Waals surface area (Å²) < 4.78 is 0. The Morgan fingerprint density at radius 2 is 1.34 bits per heavy atom. The maximum Gasteiger partial charge on any atom is 0.223 e. The molecule has 1 fully saturated rings. The van der Waals surface area contributed by atoms with Gasteiger partial charge in [0.25, 0.3) is 0 Å². The molecule has 0 N–H and O–H groups in total. The van der Waals surface area contributed by atoms with E-state index in [1.807, 2.05) is 77.7 Å². The first-order valence-electron chi connectivity index (χ1n) is 11.9. The van der Waals surface area contributed by atoms with Crippen LogP contribution in [-0.2, 0) is 4.79 Å². The van der Waals surface area contributed by atoms with Crippen LogP contribution in [0.5, 0.6) is 0 Å². The number of halogens is 1. The Hall–Kier alpha value is -3.70. The molecule has 0 spiro atoms. The first kappa shape index (κ1) is 23.1. The second-order valence-electron chi connectivity index (χ2n) is 8.70. The molecule has 1 aromatic heterocycles. The zero-order valence-electron chi connectivity index (χ0n) is 19.4. The van der Waals surface area contributed by atoms with Gasteiger partial charge in [-0.15, -0.1) is 10.2 Å². The molecule has 35 heavy (non-hydrogen) atoms. The number of benzene rings is 3. The number of hydrogen-bond donors (Lipinski definition) is 0. The fraction of sp³-hybridized carbons (Fsp3) is 0.207. The highest BCUT2D eigenvalue weighted by Crippen LogP contribution is 2.29. The number of piperazine rings is 1. The fourth-order valence-electron chi connectivity index (χ4n) is 4.59. The Labute approximate surface area is 211 Å². The van der Waals surface area contributed by atoms with Crippen molar-refractivity contribution in [2.24, 2.45) is 0 Å². The molecule has 5 nitrogen and oxygen atoms in total. The maximum atomic E-state index is 13.3. The fourth-order valence-corrected chi connectivity index (χ4v) is 4.83. The molecular formula is C29H27ClN4O. The van der Waals surface area contributed by atoms with Crippen LogP contribution in [0.2, 0.25) is 5.02 Å². The van der Waals surface area contributed by atoms with Crippen LogP contribution in [0.1, 0.15) is 23.5 Å². The average molecular weight is 483 g/mol. The zero-order chi connectivity index (χ0) is 24.0. The molecule has 1 saturated heterocycles. The largest absolute Gasteiger partial charge is 0.352 e. The average Bonchev–Trinajstić information content (AvgIpc) is 2.93. The van der Waals surface area contributed by atoms with Crippen LogP contribution in [0.15, 0.2) is 97.1 Å². The number of rotatable bonds is 6. The minimum Gasteiger partial charge on any atom is -0.352 e. The van der Waals surface area contributed by atoms with E-state index in [1.54, 1.807) is 0 Å². The third-order valence-corrected chi connectivity index (χ3v) is 6.87. The molecule has 0 radical (unpaired) electrons. The summed E-state index contributed by atoms with van der Waals surface area (Å²) in [5.74, 6) is 1.05. The molecule has 0 unspecified atom stereocenters. The summed E-state index contributed by atoms with van der Waals surface area (Å²) in [6.07, 6.45) is 0.459. The lowest BCUT2D eigenvalue weighted by atomic mass is 9.88. The van der Waals surface area contributed by atoms with Crippen LogP contribution in [-0.4, -0.2) is 47.2 Å². The summed E-state index contributed by atoms with van der Waals surface area (Å²) in [7, 11) is 0. The van der Waals surface area contributed by atoms with Crippen molar-refractivity contribution in [2.45, 2.75) is 12.3 Å². The molecule has 4 aromatic rings. The van der Waals surface area contributed by atoms with Crippen molar-refractivity contribution in [1.82, 2.24) is 15.1 Å². The van der Waals surface area contributed by atoms with E-state index in [0.717, 1.165) is 30.2 Å². The van der Waals surface area contributed by atoms with Crippen LogP contribution in [0.4, 0.5) is 5.82 Å². The van der Waals surface area contributed by atoms with Crippen molar-refractivity contribution in [3.05, 3.63) is 113 Å². The van der Waals surface area contributed by atoms with Crippen LogP contribution >= 0.6 is 11.6 Å². The quantitative estimate of drug-likeness (QED) is 0.355. The van der Waals surface area contributed by atoms with Gasteiger partial charge in [0.1, 0.15) is 0 Å². The predicted molar refractivity (Wildman–Crippen MR) is 141 cm³/mol. The van der Waals surface area contributed by atoms with E-state index in [4.69, 9.17) is 11.6 Å². The standard InChI is InChI=1S/C29H27ClN4O/c30-26-14-8-7-13-24(26)27-15-16-28(32-31-27)33-17-19-34(20-18-33)29(35)21-25(22-9-3-1-4-10-22)23-11-5-2-6-12-23/h1-16,25H,17-21H2. The van der Waals surface area contributed by atoms with Crippen molar-refractivity contribution in [2.75, 3.05) is 31.1 Å². The van der Waals surface area contributed by atoms with E-state index in [2.05, 4.69) is 39.4 Å². The molecule has 0 atom stereocenters. The predicted octanol–water partition coefficient (Wildman–Crippen LogP) is 5.67. The summed E-state index contributed by atoms with van der Waals surface area (Å²) in [4.78, 5) is 17.5. The first-order valence-corrected chi connectivity index (χ1v) is 12.3. The van der Waals surface area contributed by atoms with Gasteiger partial charge < -0.3 is 9.80 Å².